The topological polar surface area (TPSA) is 41.6 Å². The number of benzene rings is 1. The van der Waals surface area contributed by atoms with Crippen molar-refractivity contribution in [3.8, 4) is 5.75 Å². The predicted molar refractivity (Wildman–Crippen MR) is 75.7 cm³/mol. The third kappa shape index (κ3) is 3.91. The first-order valence-electron chi connectivity index (χ1n) is 6.96. The van der Waals surface area contributed by atoms with Crippen LogP contribution in [0.15, 0.2) is 24.3 Å². The van der Waals surface area contributed by atoms with Crippen molar-refractivity contribution in [1.29, 1.82) is 0 Å². The molecule has 4 nitrogen and oxygen atoms in total. The summed E-state index contributed by atoms with van der Waals surface area (Å²) in [6.45, 7) is 0.541. The van der Waals surface area contributed by atoms with Gasteiger partial charge in [-0.15, -0.1) is 0 Å². The molecular formula is C15H20F2N2O2. The van der Waals surface area contributed by atoms with Gasteiger partial charge < -0.3 is 15.0 Å². The summed E-state index contributed by atoms with van der Waals surface area (Å²) in [4.78, 5) is 14.2. The molecule has 1 aromatic rings. The molecule has 21 heavy (non-hydrogen) atoms. The lowest BCUT2D eigenvalue weighted by Gasteiger charge is -2.39. The normalized spacial score (nSPS) is 17.9. The molecule has 116 valence electrons. The minimum Gasteiger partial charge on any atom is -0.435 e. The lowest BCUT2D eigenvalue weighted by atomic mass is 9.89. The van der Waals surface area contributed by atoms with Gasteiger partial charge in [0.05, 0.1) is 0 Å². The zero-order valence-electron chi connectivity index (χ0n) is 12.2. The zero-order valence-corrected chi connectivity index (χ0v) is 12.2. The lowest BCUT2D eigenvalue weighted by molar-refractivity contribution is -0.0499. The first-order valence-corrected chi connectivity index (χ1v) is 6.96. The molecule has 0 saturated carbocycles. The number of hydrogen-bond acceptors (Lipinski definition) is 3. The number of carbonyl (C=O) groups excluding carboxylic acids is 1. The van der Waals surface area contributed by atoms with E-state index in [1.54, 1.807) is 17.0 Å². The number of carbonyl (C=O) groups is 1. The van der Waals surface area contributed by atoms with Gasteiger partial charge in [0.15, 0.2) is 0 Å². The molecule has 1 aliphatic heterocycles. The summed E-state index contributed by atoms with van der Waals surface area (Å²) < 4.78 is 28.7. The molecule has 2 rings (SSSR count). The van der Waals surface area contributed by atoms with Gasteiger partial charge in [0, 0.05) is 24.2 Å². The van der Waals surface area contributed by atoms with Crippen molar-refractivity contribution >= 4 is 5.91 Å². The molecule has 0 aliphatic carbocycles. The van der Waals surface area contributed by atoms with Crippen molar-refractivity contribution in [1.82, 2.24) is 10.2 Å². The van der Waals surface area contributed by atoms with E-state index in [1.807, 2.05) is 7.05 Å². The first-order chi connectivity index (χ1) is 9.93. The van der Waals surface area contributed by atoms with E-state index in [4.69, 9.17) is 0 Å². The Balaban J connectivity index is 2.04. The molecule has 1 aromatic carbocycles. The van der Waals surface area contributed by atoms with E-state index in [-0.39, 0.29) is 17.2 Å². The minimum absolute atomic E-state index is 0.00734. The molecule has 1 saturated heterocycles. The molecule has 1 N–H and O–H groups in total. The smallest absolute Gasteiger partial charge is 0.387 e. The van der Waals surface area contributed by atoms with Gasteiger partial charge in [0.25, 0.3) is 5.91 Å². The molecule has 1 amide bonds. The van der Waals surface area contributed by atoms with Crippen molar-refractivity contribution in [3.05, 3.63) is 29.8 Å². The number of rotatable bonds is 4. The van der Waals surface area contributed by atoms with Crippen LogP contribution in [-0.2, 0) is 0 Å². The fraction of sp³-hybridized carbons (Fsp3) is 0.533. The Bertz CT molecular complexity index is 500. The minimum atomic E-state index is -2.89. The molecule has 6 heteroatoms. The van der Waals surface area contributed by atoms with Crippen LogP contribution in [-0.4, -0.2) is 43.1 Å². The van der Waals surface area contributed by atoms with E-state index in [1.165, 1.54) is 12.1 Å². The second kappa shape index (κ2) is 6.39. The summed E-state index contributed by atoms with van der Waals surface area (Å²) in [5.41, 5.74) is 0.429. The van der Waals surface area contributed by atoms with Gasteiger partial charge in [0.1, 0.15) is 5.75 Å². The molecule has 1 aliphatic rings. The molecule has 1 fully saturated rings. The maximum atomic E-state index is 12.4. The molecule has 0 radical (unpaired) electrons. The van der Waals surface area contributed by atoms with Crippen LogP contribution < -0.4 is 10.1 Å². The average Bonchev–Trinajstić information content (AvgIpc) is 2.47. The molecule has 0 atom stereocenters. The summed E-state index contributed by atoms with van der Waals surface area (Å²) >= 11 is 0. The Hall–Kier alpha value is -1.69. The fourth-order valence-electron chi connectivity index (χ4n) is 2.44. The van der Waals surface area contributed by atoms with E-state index in [0.29, 0.717) is 18.7 Å². The van der Waals surface area contributed by atoms with Crippen molar-refractivity contribution in [2.75, 3.05) is 20.1 Å². The van der Waals surface area contributed by atoms with Gasteiger partial charge in [-0.3, -0.25) is 4.79 Å². The number of ether oxygens (including phenoxy) is 1. The predicted octanol–water partition coefficient (Wildman–Crippen LogP) is 2.50. The summed E-state index contributed by atoms with van der Waals surface area (Å²) in [5.74, 6) is -0.138. The number of alkyl halides is 2. The van der Waals surface area contributed by atoms with Crippen molar-refractivity contribution in [2.24, 2.45) is 0 Å². The largest absolute Gasteiger partial charge is 0.435 e. The molecule has 0 spiro atoms. The lowest BCUT2D eigenvalue weighted by Crippen LogP contribution is -2.51. The van der Waals surface area contributed by atoms with E-state index in [2.05, 4.69) is 17.0 Å². The number of amides is 1. The molecule has 0 bridgehead atoms. The molecule has 0 aromatic heterocycles. The monoisotopic (exact) mass is 298 g/mol. The highest BCUT2D eigenvalue weighted by atomic mass is 19.3. The Morgan fingerprint density at radius 3 is 2.62 bits per heavy atom. The summed E-state index contributed by atoms with van der Waals surface area (Å²) in [7, 11) is 1.92. The molecule has 1 heterocycles. The highest BCUT2D eigenvalue weighted by Crippen LogP contribution is 2.23. The van der Waals surface area contributed by atoms with E-state index < -0.39 is 6.61 Å². The highest BCUT2D eigenvalue weighted by Gasteiger charge is 2.30. The number of likely N-dealkylation sites (tertiary alicyclic amines) is 1. The van der Waals surface area contributed by atoms with Crippen LogP contribution in [0.4, 0.5) is 8.78 Å². The van der Waals surface area contributed by atoms with E-state index in [9.17, 15) is 13.6 Å². The maximum absolute atomic E-state index is 12.4. The molecular weight excluding hydrogens is 278 g/mol. The van der Waals surface area contributed by atoms with Gasteiger partial charge in [-0.1, -0.05) is 6.07 Å². The third-order valence-electron chi connectivity index (χ3n) is 4.06. The van der Waals surface area contributed by atoms with Crippen molar-refractivity contribution in [3.63, 3.8) is 0 Å². The van der Waals surface area contributed by atoms with Gasteiger partial charge in [-0.2, -0.15) is 8.78 Å². The van der Waals surface area contributed by atoms with Crippen LogP contribution in [0.2, 0.25) is 0 Å². The Morgan fingerprint density at radius 2 is 2.05 bits per heavy atom. The van der Waals surface area contributed by atoms with E-state index >= 15 is 0 Å². The quantitative estimate of drug-likeness (QED) is 0.928. The van der Waals surface area contributed by atoms with Crippen LogP contribution in [0.5, 0.6) is 5.75 Å². The van der Waals surface area contributed by atoms with Crippen LogP contribution in [0, 0.1) is 0 Å². The number of piperidine rings is 1. The zero-order chi connectivity index (χ0) is 15.5. The Kier molecular flexibility index (Phi) is 4.77. The van der Waals surface area contributed by atoms with Crippen LogP contribution in [0.1, 0.15) is 30.1 Å². The number of nitrogens with one attached hydrogen (secondary N) is 1. The SMILES string of the molecule is CNC1(C)CCN(C(=O)c2cccc(OC(F)F)c2)CC1. The Labute approximate surface area is 123 Å². The van der Waals surface area contributed by atoms with Crippen LogP contribution >= 0.6 is 0 Å². The average molecular weight is 298 g/mol. The summed E-state index contributed by atoms with van der Waals surface area (Å²) in [6, 6.07) is 5.94. The third-order valence-corrected chi connectivity index (χ3v) is 4.06. The number of nitrogens with zero attached hydrogens (tertiary/aromatic N) is 1. The van der Waals surface area contributed by atoms with Crippen LogP contribution in [0.3, 0.4) is 0 Å². The van der Waals surface area contributed by atoms with Crippen molar-refractivity contribution in [2.45, 2.75) is 31.9 Å². The van der Waals surface area contributed by atoms with Gasteiger partial charge in [-0.25, -0.2) is 0 Å². The van der Waals surface area contributed by atoms with Crippen molar-refractivity contribution < 1.29 is 18.3 Å². The van der Waals surface area contributed by atoms with Gasteiger partial charge in [-0.05, 0) is 45.0 Å². The standard InChI is InChI=1S/C15H20F2N2O2/c1-15(18-2)6-8-19(9-7-15)13(20)11-4-3-5-12(10-11)21-14(16)17/h3-5,10,14,18H,6-9H2,1-2H3. The number of hydrogen-bond donors (Lipinski definition) is 1. The summed E-state index contributed by atoms with van der Waals surface area (Å²) in [6.07, 6.45) is 1.73. The van der Waals surface area contributed by atoms with Gasteiger partial charge >= 0.3 is 6.61 Å². The second-order valence-electron chi connectivity index (χ2n) is 5.51. The van der Waals surface area contributed by atoms with Crippen LogP contribution in [0.25, 0.3) is 0 Å². The van der Waals surface area contributed by atoms with E-state index in [0.717, 1.165) is 12.8 Å². The maximum Gasteiger partial charge on any atom is 0.387 e. The molecule has 0 unspecified atom stereocenters. The second-order valence-corrected chi connectivity index (χ2v) is 5.51. The summed E-state index contributed by atoms with van der Waals surface area (Å²) in [5, 5.41) is 3.27. The highest BCUT2D eigenvalue weighted by molar-refractivity contribution is 5.94. The van der Waals surface area contributed by atoms with Gasteiger partial charge in [0.2, 0.25) is 0 Å². The number of halogens is 2. The Morgan fingerprint density at radius 1 is 1.38 bits per heavy atom. The first kappa shape index (κ1) is 15.7. The fourth-order valence-corrected chi connectivity index (χ4v) is 2.44.